The molecule has 2 aromatic rings. The fourth-order valence-electron chi connectivity index (χ4n) is 3.32. The molecule has 1 aromatic carbocycles. The average Bonchev–Trinajstić information content (AvgIpc) is 3.20. The van der Waals surface area contributed by atoms with Crippen molar-refractivity contribution in [1.82, 2.24) is 15.6 Å². The summed E-state index contributed by atoms with van der Waals surface area (Å²) in [5.74, 6) is -1.25. The highest BCUT2D eigenvalue weighted by Crippen LogP contribution is 2.23. The number of aryl methyl sites for hydroxylation is 1. The van der Waals surface area contributed by atoms with Crippen molar-refractivity contribution in [3.05, 3.63) is 35.5 Å². The lowest BCUT2D eigenvalue weighted by atomic mass is 10.1. The van der Waals surface area contributed by atoms with Gasteiger partial charge < -0.3 is 15.0 Å². The SMILES string of the molecule is Cc1[nH]c2ccccc2c1C(=O)OC(C)C(=O)NC(=O)NC1CCCC1. The molecule has 0 bridgehead atoms. The summed E-state index contributed by atoms with van der Waals surface area (Å²) in [6, 6.07) is 6.93. The van der Waals surface area contributed by atoms with Gasteiger partial charge in [-0.25, -0.2) is 9.59 Å². The Morgan fingerprint density at radius 1 is 1.19 bits per heavy atom. The minimum atomic E-state index is -1.08. The van der Waals surface area contributed by atoms with Gasteiger partial charge >= 0.3 is 12.0 Å². The molecule has 1 aliphatic rings. The average molecular weight is 357 g/mol. The first kappa shape index (κ1) is 18.0. The molecular formula is C19H23N3O4. The number of benzene rings is 1. The zero-order chi connectivity index (χ0) is 18.7. The van der Waals surface area contributed by atoms with Crippen LogP contribution in [0.5, 0.6) is 0 Å². The molecule has 1 heterocycles. The predicted molar refractivity (Wildman–Crippen MR) is 96.8 cm³/mol. The van der Waals surface area contributed by atoms with Crippen LogP contribution in [0.15, 0.2) is 24.3 Å². The second-order valence-electron chi connectivity index (χ2n) is 6.66. The van der Waals surface area contributed by atoms with E-state index < -0.39 is 24.0 Å². The molecule has 1 fully saturated rings. The van der Waals surface area contributed by atoms with E-state index in [-0.39, 0.29) is 6.04 Å². The fourth-order valence-corrected chi connectivity index (χ4v) is 3.32. The van der Waals surface area contributed by atoms with Crippen molar-refractivity contribution in [1.29, 1.82) is 0 Å². The Labute approximate surface area is 151 Å². The molecule has 1 aromatic heterocycles. The van der Waals surface area contributed by atoms with Gasteiger partial charge in [0.1, 0.15) is 0 Å². The van der Waals surface area contributed by atoms with Crippen LogP contribution in [-0.2, 0) is 9.53 Å². The van der Waals surface area contributed by atoms with Crippen molar-refractivity contribution in [2.75, 3.05) is 0 Å². The zero-order valence-corrected chi connectivity index (χ0v) is 14.9. The number of aromatic nitrogens is 1. The number of H-pyrrole nitrogens is 1. The van der Waals surface area contributed by atoms with E-state index in [1.165, 1.54) is 6.92 Å². The summed E-state index contributed by atoms with van der Waals surface area (Å²) in [5.41, 5.74) is 1.89. The second-order valence-corrected chi connectivity index (χ2v) is 6.66. The van der Waals surface area contributed by atoms with Crippen molar-refractivity contribution in [3.63, 3.8) is 0 Å². The molecule has 1 saturated carbocycles. The summed E-state index contributed by atoms with van der Waals surface area (Å²) < 4.78 is 5.27. The van der Waals surface area contributed by atoms with E-state index in [0.29, 0.717) is 11.3 Å². The lowest BCUT2D eigenvalue weighted by molar-refractivity contribution is -0.127. The highest BCUT2D eigenvalue weighted by Gasteiger charge is 2.25. The van der Waals surface area contributed by atoms with Gasteiger partial charge in [-0.05, 0) is 32.8 Å². The Hall–Kier alpha value is -2.83. The second kappa shape index (κ2) is 7.59. The number of urea groups is 1. The molecule has 1 unspecified atom stereocenters. The number of hydrogen-bond acceptors (Lipinski definition) is 4. The number of esters is 1. The Kier molecular flexibility index (Phi) is 5.25. The van der Waals surface area contributed by atoms with E-state index in [0.717, 1.165) is 36.6 Å². The van der Waals surface area contributed by atoms with Crippen molar-refractivity contribution < 1.29 is 19.1 Å². The molecule has 3 rings (SSSR count). The van der Waals surface area contributed by atoms with Crippen LogP contribution in [-0.4, -0.2) is 35.0 Å². The minimum absolute atomic E-state index is 0.106. The number of rotatable bonds is 4. The number of para-hydroxylation sites is 1. The number of carbonyl (C=O) groups is 3. The number of fused-ring (bicyclic) bond motifs is 1. The summed E-state index contributed by atoms with van der Waals surface area (Å²) in [4.78, 5) is 39.6. The van der Waals surface area contributed by atoms with Crippen LogP contribution in [0.4, 0.5) is 4.79 Å². The summed E-state index contributed by atoms with van der Waals surface area (Å²) >= 11 is 0. The van der Waals surface area contributed by atoms with E-state index in [1.54, 1.807) is 6.92 Å². The Balaban J connectivity index is 1.60. The first-order chi connectivity index (χ1) is 12.5. The van der Waals surface area contributed by atoms with Gasteiger partial charge in [-0.15, -0.1) is 0 Å². The number of amides is 3. The van der Waals surface area contributed by atoms with E-state index in [2.05, 4.69) is 15.6 Å². The third kappa shape index (κ3) is 3.87. The molecule has 26 heavy (non-hydrogen) atoms. The smallest absolute Gasteiger partial charge is 0.341 e. The molecule has 1 aliphatic carbocycles. The summed E-state index contributed by atoms with van der Waals surface area (Å²) in [6.07, 6.45) is 2.93. The minimum Gasteiger partial charge on any atom is -0.449 e. The van der Waals surface area contributed by atoms with Gasteiger partial charge in [-0.3, -0.25) is 10.1 Å². The van der Waals surface area contributed by atoms with Crippen LogP contribution in [0, 0.1) is 6.92 Å². The van der Waals surface area contributed by atoms with Gasteiger partial charge in [-0.2, -0.15) is 0 Å². The number of imide groups is 1. The number of nitrogens with one attached hydrogen (secondary N) is 3. The van der Waals surface area contributed by atoms with E-state index in [9.17, 15) is 14.4 Å². The van der Waals surface area contributed by atoms with Crippen LogP contribution in [0.2, 0.25) is 0 Å². The maximum Gasteiger partial charge on any atom is 0.341 e. The fraction of sp³-hybridized carbons (Fsp3) is 0.421. The number of aromatic amines is 1. The maximum atomic E-state index is 12.5. The largest absolute Gasteiger partial charge is 0.449 e. The standard InChI is InChI=1S/C19H23N3O4/c1-11-16(14-9-5-6-10-15(14)20-11)18(24)26-12(2)17(23)22-19(25)21-13-7-3-4-8-13/h5-6,9-10,12-13,20H,3-4,7-8H2,1-2H3,(H2,21,22,23,25). The lowest BCUT2D eigenvalue weighted by Gasteiger charge is -2.15. The van der Waals surface area contributed by atoms with Gasteiger partial charge in [0.2, 0.25) is 0 Å². The van der Waals surface area contributed by atoms with Crippen LogP contribution in [0.1, 0.15) is 48.7 Å². The zero-order valence-electron chi connectivity index (χ0n) is 14.9. The summed E-state index contributed by atoms with van der Waals surface area (Å²) in [6.45, 7) is 3.22. The molecule has 0 saturated heterocycles. The summed E-state index contributed by atoms with van der Waals surface area (Å²) in [5, 5.41) is 5.74. The molecule has 0 radical (unpaired) electrons. The topological polar surface area (TPSA) is 100 Å². The highest BCUT2D eigenvalue weighted by molar-refractivity contribution is 6.06. The monoisotopic (exact) mass is 357 g/mol. The molecule has 3 amide bonds. The molecular weight excluding hydrogens is 334 g/mol. The molecule has 0 spiro atoms. The van der Waals surface area contributed by atoms with Gasteiger partial charge in [0, 0.05) is 22.6 Å². The highest BCUT2D eigenvalue weighted by atomic mass is 16.5. The quantitative estimate of drug-likeness (QED) is 0.733. The molecule has 7 heteroatoms. The van der Waals surface area contributed by atoms with Gasteiger partial charge in [0.25, 0.3) is 5.91 Å². The third-order valence-electron chi connectivity index (χ3n) is 4.68. The Morgan fingerprint density at radius 3 is 2.62 bits per heavy atom. The van der Waals surface area contributed by atoms with Gasteiger partial charge in [0.05, 0.1) is 5.56 Å². The van der Waals surface area contributed by atoms with Crippen LogP contribution >= 0.6 is 0 Å². The number of ether oxygens (including phenoxy) is 1. The van der Waals surface area contributed by atoms with Crippen LogP contribution in [0.25, 0.3) is 10.9 Å². The molecule has 138 valence electrons. The molecule has 1 atom stereocenters. The first-order valence-electron chi connectivity index (χ1n) is 8.85. The van der Waals surface area contributed by atoms with E-state index in [1.807, 2.05) is 24.3 Å². The van der Waals surface area contributed by atoms with E-state index in [4.69, 9.17) is 4.74 Å². The predicted octanol–water partition coefficient (Wildman–Crippen LogP) is 2.79. The number of carbonyl (C=O) groups excluding carboxylic acids is 3. The summed E-state index contributed by atoms with van der Waals surface area (Å²) in [7, 11) is 0. The van der Waals surface area contributed by atoms with Crippen molar-refractivity contribution in [2.45, 2.75) is 51.7 Å². The van der Waals surface area contributed by atoms with Gasteiger partial charge in [-0.1, -0.05) is 31.0 Å². The molecule has 0 aliphatic heterocycles. The normalized spacial score (nSPS) is 15.6. The van der Waals surface area contributed by atoms with Crippen LogP contribution in [0.3, 0.4) is 0 Å². The lowest BCUT2D eigenvalue weighted by Crippen LogP contribution is -2.47. The first-order valence-corrected chi connectivity index (χ1v) is 8.85. The molecule has 7 nitrogen and oxygen atoms in total. The maximum absolute atomic E-state index is 12.5. The van der Waals surface area contributed by atoms with Crippen molar-refractivity contribution in [2.24, 2.45) is 0 Å². The van der Waals surface area contributed by atoms with Crippen molar-refractivity contribution in [3.8, 4) is 0 Å². The number of hydrogen-bond donors (Lipinski definition) is 3. The third-order valence-corrected chi connectivity index (χ3v) is 4.68. The Morgan fingerprint density at radius 2 is 1.88 bits per heavy atom. The van der Waals surface area contributed by atoms with Gasteiger partial charge in [0.15, 0.2) is 6.10 Å². The van der Waals surface area contributed by atoms with Crippen molar-refractivity contribution >= 4 is 28.8 Å². The Bertz CT molecular complexity index is 836. The van der Waals surface area contributed by atoms with Crippen LogP contribution < -0.4 is 10.6 Å². The van der Waals surface area contributed by atoms with E-state index >= 15 is 0 Å². The molecule has 3 N–H and O–H groups in total.